The van der Waals surface area contributed by atoms with Gasteiger partial charge in [-0.05, 0) is 38.1 Å². The van der Waals surface area contributed by atoms with E-state index in [9.17, 15) is 0 Å². The topological polar surface area (TPSA) is 260 Å². The van der Waals surface area contributed by atoms with Gasteiger partial charge in [0.15, 0.2) is 17.9 Å². The van der Waals surface area contributed by atoms with Gasteiger partial charge in [0.1, 0.15) is 0 Å². The third kappa shape index (κ3) is 8.49. The molecular weight excluding hydrogens is 570 g/mol. The van der Waals surface area contributed by atoms with Crippen molar-refractivity contribution < 1.29 is 0 Å². The maximum absolute atomic E-state index is 8.44. The zero-order valence-electron chi connectivity index (χ0n) is 24.7. The van der Waals surface area contributed by atoms with Crippen molar-refractivity contribution >= 4 is 63.5 Å². The molecule has 0 bridgehead atoms. The first-order chi connectivity index (χ1) is 20.3. The molecule has 0 aliphatic rings. The molecule has 14 N–H and O–H groups in total. The number of nitrogens with one attached hydrogen (secondary N) is 12. The van der Waals surface area contributed by atoms with Crippen LogP contribution in [0.3, 0.4) is 0 Å². The first kappa shape index (κ1) is 32.0. The van der Waals surface area contributed by atoms with Crippen molar-refractivity contribution in [2.45, 2.75) is 27.1 Å². The fourth-order valence-corrected chi connectivity index (χ4v) is 4.63. The zero-order valence-corrected chi connectivity index (χ0v) is 25.5. The molecule has 0 spiro atoms. The van der Waals surface area contributed by atoms with Crippen molar-refractivity contribution in [3.05, 3.63) is 52.9 Å². The molecule has 0 radical (unpaired) electrons. The summed E-state index contributed by atoms with van der Waals surface area (Å²) in [5, 5.41) is 62.9. The highest BCUT2D eigenvalue weighted by atomic mass is 32.1. The minimum Gasteiger partial charge on any atom is -0.370 e. The predicted molar refractivity (Wildman–Crippen MR) is 174 cm³/mol. The lowest BCUT2D eigenvalue weighted by atomic mass is 10.3. The number of thiophene rings is 1. The molecule has 0 fully saturated rings. The van der Waals surface area contributed by atoms with E-state index < -0.39 is 0 Å². The van der Waals surface area contributed by atoms with Gasteiger partial charge in [-0.1, -0.05) is 0 Å². The molecule has 3 rings (SSSR count). The fourth-order valence-electron chi connectivity index (χ4n) is 3.80. The van der Waals surface area contributed by atoms with E-state index in [1.165, 1.54) is 4.90 Å². The number of hydrogen-bond donors (Lipinski definition) is 13. The number of aryl methyl sites for hydroxylation is 1. The van der Waals surface area contributed by atoms with Gasteiger partial charge in [-0.15, -0.1) is 11.3 Å². The van der Waals surface area contributed by atoms with E-state index in [0.717, 1.165) is 27.0 Å². The average molecular weight is 610 g/mol. The summed E-state index contributed by atoms with van der Waals surface area (Å²) in [5.74, 6) is -0.420. The van der Waals surface area contributed by atoms with E-state index in [0.29, 0.717) is 5.69 Å². The smallest absolute Gasteiger partial charge is 0.202 e. The van der Waals surface area contributed by atoms with E-state index in [4.69, 9.17) is 38.2 Å². The van der Waals surface area contributed by atoms with Crippen LogP contribution in [0.4, 0.5) is 16.4 Å². The second-order valence-corrected chi connectivity index (χ2v) is 10.7. The Morgan fingerprint density at radius 2 is 1.49 bits per heavy atom. The van der Waals surface area contributed by atoms with Gasteiger partial charge in [-0.3, -0.25) is 48.4 Å². The molecule has 0 aliphatic carbocycles. The summed E-state index contributed by atoms with van der Waals surface area (Å²) in [6.45, 7) is 4.43. The molecule has 0 atom stereocenters. The highest BCUT2D eigenvalue weighted by Crippen LogP contribution is 2.24. The summed E-state index contributed by atoms with van der Waals surface area (Å²) in [4.78, 5) is 8.99. The van der Waals surface area contributed by atoms with Crippen molar-refractivity contribution in [2.75, 3.05) is 35.8 Å². The number of H-pyrrole nitrogens is 1. The Balaban J connectivity index is 1.46. The Morgan fingerprint density at radius 3 is 2.12 bits per heavy atom. The molecule has 43 heavy (non-hydrogen) atoms. The van der Waals surface area contributed by atoms with Crippen LogP contribution in [0, 0.1) is 46.3 Å². The van der Waals surface area contributed by atoms with Crippen LogP contribution in [0.2, 0.25) is 0 Å². The van der Waals surface area contributed by atoms with Crippen LogP contribution in [0.25, 0.3) is 0 Å². The molecule has 17 nitrogen and oxygen atoms in total. The van der Waals surface area contributed by atoms with E-state index in [1.807, 2.05) is 42.8 Å². The monoisotopic (exact) mass is 609 g/mol. The highest BCUT2D eigenvalue weighted by molar-refractivity contribution is 7.16. The van der Waals surface area contributed by atoms with Crippen molar-refractivity contribution in [3.63, 3.8) is 0 Å². The second kappa shape index (κ2) is 13.9. The molecule has 3 heterocycles. The summed E-state index contributed by atoms with van der Waals surface area (Å²) >= 11 is 1.57. The molecule has 3 aromatic rings. The van der Waals surface area contributed by atoms with Crippen LogP contribution in [-0.4, -0.2) is 66.5 Å². The van der Waals surface area contributed by atoms with Crippen LogP contribution >= 0.6 is 11.3 Å². The van der Waals surface area contributed by atoms with Gasteiger partial charge in [-0.25, -0.2) is 0 Å². The van der Waals surface area contributed by atoms with Crippen LogP contribution in [-0.2, 0) is 13.2 Å². The minimum absolute atomic E-state index is 0.0170. The van der Waals surface area contributed by atoms with Crippen molar-refractivity contribution in [1.82, 2.24) is 36.1 Å². The summed E-state index contributed by atoms with van der Waals surface area (Å²) in [5.41, 5.74) is 8.27. The van der Waals surface area contributed by atoms with E-state index in [1.54, 1.807) is 54.5 Å². The number of aromatic nitrogens is 2. The number of anilines is 3. The molecule has 0 saturated carbocycles. The number of nitrogens with zero attached hydrogens (tertiary/aromatic N) is 4. The fraction of sp³-hybridized carbons (Fsp3) is 0.280. The first-order valence-electron chi connectivity index (χ1n) is 12.9. The van der Waals surface area contributed by atoms with Crippen LogP contribution < -0.4 is 47.0 Å². The number of rotatable bonds is 7. The molecule has 0 saturated heterocycles. The first-order valence-corrected chi connectivity index (χ1v) is 13.7. The normalized spacial score (nSPS) is 10.3. The summed E-state index contributed by atoms with van der Waals surface area (Å²) < 4.78 is 1.88. The predicted octanol–water partition coefficient (Wildman–Crippen LogP) is 1.18. The zero-order chi connectivity index (χ0) is 31.8. The van der Waals surface area contributed by atoms with Crippen LogP contribution in [0.15, 0.2) is 36.7 Å². The van der Waals surface area contributed by atoms with E-state index >= 15 is 0 Å². The van der Waals surface area contributed by atoms with Gasteiger partial charge in [0, 0.05) is 49.8 Å². The lowest BCUT2D eigenvalue weighted by Crippen LogP contribution is -2.47. The quantitative estimate of drug-likeness (QED) is 0.135. The second-order valence-electron chi connectivity index (χ2n) is 9.47. The minimum atomic E-state index is -0.330. The van der Waals surface area contributed by atoms with Gasteiger partial charge in [0.25, 0.3) is 0 Å². The Kier molecular flexibility index (Phi) is 10.3. The molecule has 0 unspecified atom stereocenters. The lowest BCUT2D eigenvalue weighted by Gasteiger charge is -2.22. The largest absolute Gasteiger partial charge is 0.370 e. The van der Waals surface area contributed by atoms with Gasteiger partial charge < -0.3 is 40.6 Å². The number of hydrogen-bond acceptors (Lipinski definition) is 7. The van der Waals surface area contributed by atoms with E-state index in [2.05, 4.69) is 31.6 Å². The van der Waals surface area contributed by atoms with Crippen LogP contribution in [0.1, 0.15) is 16.3 Å². The maximum atomic E-state index is 8.44. The third-order valence-electron chi connectivity index (χ3n) is 6.37. The van der Waals surface area contributed by atoms with Gasteiger partial charge in [-0.2, -0.15) is 0 Å². The Morgan fingerprint density at radius 1 is 0.860 bits per heavy atom. The number of guanidine groups is 6. The third-order valence-corrected chi connectivity index (χ3v) is 7.45. The molecule has 0 aliphatic heterocycles. The average Bonchev–Trinajstić information content (AvgIpc) is 3.69. The Bertz CT molecular complexity index is 1510. The summed E-state index contributed by atoms with van der Waals surface area (Å²) in [7, 11) is 5.14. The number of nitrogens with two attached hydrogens (primary N) is 1. The molecule has 0 aromatic carbocycles. The molecule has 3 aromatic heterocycles. The summed E-state index contributed by atoms with van der Waals surface area (Å²) in [6, 6.07) is 7.54. The SMILES string of the molecule is Cc1ccc(N(C)C(=N)NC(=N)NCn2ccc(N(C)C(=N)NC(=N)NCc3cc(N(C)C(=N)NC(=N)N)c[nH]3)c2C)s1. The van der Waals surface area contributed by atoms with Crippen LogP contribution in [0.5, 0.6) is 0 Å². The Labute approximate surface area is 253 Å². The highest BCUT2D eigenvalue weighted by Gasteiger charge is 2.16. The van der Waals surface area contributed by atoms with Gasteiger partial charge >= 0.3 is 0 Å². The molecule has 18 heteroatoms. The molecule has 230 valence electrons. The maximum Gasteiger partial charge on any atom is 0.202 e. The summed E-state index contributed by atoms with van der Waals surface area (Å²) in [6.07, 6.45) is 3.52. The van der Waals surface area contributed by atoms with E-state index in [-0.39, 0.29) is 49.0 Å². The Hall–Kier alpha value is -5.52. The molecular formula is C25H39N17S. The van der Waals surface area contributed by atoms with Crippen molar-refractivity contribution in [3.8, 4) is 0 Å². The van der Waals surface area contributed by atoms with Crippen molar-refractivity contribution in [1.29, 1.82) is 32.5 Å². The lowest BCUT2D eigenvalue weighted by molar-refractivity contribution is 0.643. The van der Waals surface area contributed by atoms with Gasteiger partial charge in [0.2, 0.25) is 17.9 Å². The van der Waals surface area contributed by atoms with Gasteiger partial charge in [0.05, 0.1) is 29.6 Å². The standard InChI is InChI=1S/C25H39N17S/c1-14-6-7-19(43-14)41(5)25(32)38-22(29)35-13-42-9-8-18(15(42)2)40(4)24(31)37-21(28)34-11-16-10-17(12-33-16)39(3)23(30)36-20(26)27/h6-10,12,33H,11,13H2,1-5H3,(H5,26,27,30,36)(H4,28,31,34,37)(H4,29,32,35,38). The number of aromatic amines is 1. The van der Waals surface area contributed by atoms with Crippen molar-refractivity contribution in [2.24, 2.45) is 5.73 Å². The molecule has 0 amide bonds.